The molecule has 2 aromatic heterocycles. The first-order valence-corrected chi connectivity index (χ1v) is 34.2. The minimum Gasteiger partial charge on any atom is -0.548 e. The predicted molar refractivity (Wildman–Crippen MR) is 315 cm³/mol. The summed E-state index contributed by atoms with van der Waals surface area (Å²) in [5, 5.41) is 95.6. The predicted octanol–water partition coefficient (Wildman–Crippen LogP) is 0.369. The summed E-state index contributed by atoms with van der Waals surface area (Å²) in [5.41, 5.74) is 5.54. The summed E-state index contributed by atoms with van der Waals surface area (Å²) < 4.78 is 56.9. The summed E-state index contributed by atoms with van der Waals surface area (Å²) in [5.74, 6) is -0.950. The van der Waals surface area contributed by atoms with E-state index in [-0.39, 0.29) is 86.6 Å². The number of aromatic nitrogens is 4. The molecule has 10 N–H and O–H groups in total. The fourth-order valence-electron chi connectivity index (χ4n) is 17.1. The van der Waals surface area contributed by atoms with Crippen molar-refractivity contribution in [3.63, 3.8) is 0 Å². The van der Waals surface area contributed by atoms with Crippen molar-refractivity contribution in [1.82, 2.24) is 24.8 Å². The number of cyclic esters (lactones) is 1. The number of nitrogen functional groups attached to an aromatic ring is 1. The molecule has 4 saturated carbocycles. The van der Waals surface area contributed by atoms with Crippen molar-refractivity contribution in [2.24, 2.45) is 34.5 Å². The number of nitrogens with two attached hydrogens (primary N) is 1. The third-order valence-corrected chi connectivity index (χ3v) is 24.0. The molecule has 27 atom stereocenters. The normalized spacial score (nSPS) is 43.8. The van der Waals surface area contributed by atoms with Crippen LogP contribution in [0.1, 0.15) is 137 Å². The van der Waals surface area contributed by atoms with E-state index in [1.165, 1.54) is 17.2 Å². The maximum absolute atomic E-state index is 12.9. The number of carbonyl (C=O) groups is 3. The zero-order chi connectivity index (χ0) is 63.4. The lowest BCUT2D eigenvalue weighted by Gasteiger charge is -2.65. The number of aliphatic hydroxyl groups is 7. The van der Waals surface area contributed by atoms with E-state index < -0.39 is 144 Å². The number of unbranched alkanes of at least 4 members (excludes halogenated alkanes) is 2. The third-order valence-electron chi connectivity index (χ3n) is 22.2. The number of aliphatic carboxylic acids is 1. The maximum atomic E-state index is 12.9. The Labute approximate surface area is 521 Å². The van der Waals surface area contributed by atoms with E-state index in [0.717, 1.165) is 37.7 Å². The lowest BCUT2D eigenvalue weighted by molar-refractivity contribution is -0.319. The number of carboxylic acids is 1. The Balaban J connectivity index is 0.570. The number of nitrogens with one attached hydrogen (secondary N) is 1. The number of fused-ring (bicyclic) bond motifs is 6. The fourth-order valence-corrected chi connectivity index (χ4v) is 18.7. The Kier molecular flexibility index (Phi) is 20.5. The Morgan fingerprint density at radius 2 is 1.58 bits per heavy atom. The van der Waals surface area contributed by atoms with Gasteiger partial charge in [-0.1, -0.05) is 20.3 Å². The van der Waals surface area contributed by atoms with Crippen molar-refractivity contribution in [3.05, 3.63) is 24.3 Å². The van der Waals surface area contributed by atoms with Crippen LogP contribution in [-0.2, 0) is 67.9 Å². The highest BCUT2D eigenvalue weighted by molar-refractivity contribution is 7.96. The van der Waals surface area contributed by atoms with E-state index in [2.05, 4.69) is 27.2 Å². The van der Waals surface area contributed by atoms with Gasteiger partial charge in [0.05, 0.1) is 79.5 Å². The Hall–Kier alpha value is -3.75. The van der Waals surface area contributed by atoms with Gasteiger partial charge in [0.1, 0.15) is 78.8 Å². The smallest absolute Gasteiger partial charge is 0.331 e. The number of hydrogen-bond donors (Lipinski definition) is 9. The number of imidazole rings is 1. The van der Waals surface area contributed by atoms with Gasteiger partial charge in [0.25, 0.3) is 0 Å². The average molecular weight is 1280 g/mol. The third kappa shape index (κ3) is 13.3. The summed E-state index contributed by atoms with van der Waals surface area (Å²) in [4.78, 5) is 49.3. The van der Waals surface area contributed by atoms with Crippen LogP contribution in [0.15, 0.2) is 24.3 Å². The zero-order valence-electron chi connectivity index (χ0n) is 51.9. The van der Waals surface area contributed by atoms with E-state index >= 15 is 0 Å². The number of aliphatic hydroxyl groups excluding tert-OH is 6. The molecule has 1 amide bonds. The number of ether oxygens (including phenoxy) is 9. The van der Waals surface area contributed by atoms with Gasteiger partial charge in [-0.25, -0.2) is 19.7 Å². The molecular weight excluding hydrogens is 1180 g/mol. The first-order chi connectivity index (χ1) is 42.4. The second kappa shape index (κ2) is 27.3. The van der Waals surface area contributed by atoms with E-state index in [1.54, 1.807) is 19.9 Å². The summed E-state index contributed by atoms with van der Waals surface area (Å²) in [6.07, 6.45) is -0.586. The second-order valence-corrected chi connectivity index (χ2v) is 29.8. The van der Waals surface area contributed by atoms with Crippen LogP contribution in [-0.4, -0.2) is 226 Å². The Morgan fingerprint density at radius 3 is 2.30 bits per heavy atom. The van der Waals surface area contributed by atoms with Gasteiger partial charge in [0.15, 0.2) is 30.3 Å². The van der Waals surface area contributed by atoms with E-state index in [1.807, 2.05) is 20.1 Å². The molecule has 5 aliphatic heterocycles. The van der Waals surface area contributed by atoms with Crippen LogP contribution < -0.4 is 16.2 Å². The summed E-state index contributed by atoms with van der Waals surface area (Å²) >= 11 is 0. The summed E-state index contributed by atoms with van der Waals surface area (Å²) in [7, 11) is -0.478. The summed E-state index contributed by atoms with van der Waals surface area (Å²) in [6.45, 7) is 10.2. The van der Waals surface area contributed by atoms with Gasteiger partial charge in [-0.05, 0) is 131 Å². The largest absolute Gasteiger partial charge is 0.548 e. The molecule has 4 aliphatic carbocycles. The van der Waals surface area contributed by atoms with Gasteiger partial charge < -0.3 is 99.3 Å². The molecule has 0 bridgehead atoms. The van der Waals surface area contributed by atoms with Crippen molar-refractivity contribution < 1.29 is 97.9 Å². The first-order valence-electron chi connectivity index (χ1n) is 32.2. The molecule has 11 rings (SSSR count). The Bertz CT molecular complexity index is 2820. The fraction of sp³-hybridized carbons (Fsp3) is 0.839. The molecule has 2 aromatic rings. The highest BCUT2D eigenvalue weighted by Crippen LogP contribution is 2.70. The average Bonchev–Trinajstić information content (AvgIpc) is 1.65. The number of anilines is 1. The van der Waals surface area contributed by atoms with E-state index in [9.17, 15) is 55.2 Å². The minimum atomic E-state index is -1.41. The number of carboxylic acid groups (broad SMARTS) is 1. The monoisotopic (exact) mass is 1270 g/mol. The molecule has 27 heteroatoms. The number of carbonyl (C=O) groups excluding carboxylic acids is 3. The van der Waals surface area contributed by atoms with Crippen LogP contribution >= 0.6 is 0 Å². The standard InChI is InChI=1S/C62H94N6O20S/c1-30-55(88-48-23-40(69)53(31(2)83-48)80-18-9-7-8-10-45(72)67-39(59(77)78)15-19-89(6)27-43-50(74)52(76)58(87-43)68-29-66-49-56(63)64-28-65-57(49)68)51(75)42(26-81-30)86-54-32(3)84-47(24-41(54)70)85-35-13-16-60(4)34(21-35)11-12-37-38(60)22-44(71)61(5)36(14-17-62(37,61)79)33-20-46(73)82-25-33/h20,28-32,34-44,47-48,50-55,58,69-71,74-76,79H,7-19,21-27H2,1-6H3,(H3-,63,64,65,67,72,77,78)/t30-,31-,32-,34-,35-,36-,37?,38+,39+,40+,41+,42?,43-,44-,47?,48?,50-,51+,52-,53-,54-,55-,58-,60+,61+,62+,89?/m1/s1. The van der Waals surface area contributed by atoms with Gasteiger partial charge in [0, 0.05) is 43.8 Å². The molecule has 7 heterocycles. The maximum Gasteiger partial charge on any atom is 0.331 e. The number of esters is 1. The first kappa shape index (κ1) is 66.7. The molecule has 26 nitrogen and oxygen atoms in total. The van der Waals surface area contributed by atoms with Crippen molar-refractivity contribution in [2.75, 3.05) is 43.3 Å². The molecule has 498 valence electrons. The number of rotatable bonds is 22. The minimum absolute atomic E-state index is 0.0378. The molecule has 0 aromatic carbocycles. The number of nitrogens with zero attached hydrogens (tertiary/aromatic N) is 4. The van der Waals surface area contributed by atoms with Crippen LogP contribution in [0, 0.1) is 34.5 Å². The molecule has 5 unspecified atom stereocenters. The SMILES string of the molecule is C[C@H]1OCC(O[C@H]2[C@@H](O)CC(O[C@@H]3CC[C@@]4(C)[C@H](CCC5[C@@H]4C[C@@H](O)[C@]4(C)[C@@H](C6=CC(=O)OC6)CC[C@]54O)C3)O[C@@H]2C)[C@H](O)[C@@H]1OC1C[C@H](O)[C@H](OCCCCCC(=O)N[C@@H](CC[S+](C)C[C@H]2O[C@@H](n3cnc4c(N)ncnc43)[C@H](O)[C@@H]2O)C(=O)[O-])[C@@H](C)O1. The van der Waals surface area contributed by atoms with Crippen molar-refractivity contribution in [3.8, 4) is 0 Å². The van der Waals surface area contributed by atoms with Gasteiger partial charge >= 0.3 is 5.97 Å². The molecule has 0 spiro atoms. The van der Waals surface area contributed by atoms with Crippen molar-refractivity contribution in [2.45, 2.75) is 253 Å². The second-order valence-electron chi connectivity index (χ2n) is 27.5. The molecular formula is C62H94N6O20S. The molecule has 9 aliphatic rings. The highest BCUT2D eigenvalue weighted by atomic mass is 32.2. The van der Waals surface area contributed by atoms with Crippen LogP contribution in [0.2, 0.25) is 0 Å². The lowest BCUT2D eigenvalue weighted by Crippen LogP contribution is -2.67. The van der Waals surface area contributed by atoms with Crippen molar-refractivity contribution in [1.29, 1.82) is 0 Å². The van der Waals surface area contributed by atoms with E-state index in [4.69, 9.17) is 48.4 Å². The molecule has 4 saturated heterocycles. The number of hydrogen-bond acceptors (Lipinski definition) is 24. The molecule has 89 heavy (non-hydrogen) atoms. The molecule has 8 fully saturated rings. The van der Waals surface area contributed by atoms with E-state index in [0.29, 0.717) is 67.1 Å². The summed E-state index contributed by atoms with van der Waals surface area (Å²) in [6, 6.07) is -1.23. The highest BCUT2D eigenvalue weighted by Gasteiger charge is 2.71. The topological polar surface area (TPSA) is 381 Å². The number of amides is 1. The van der Waals surface area contributed by atoms with Gasteiger partial charge in [-0.15, -0.1) is 0 Å². The van der Waals surface area contributed by atoms with Crippen LogP contribution in [0.5, 0.6) is 0 Å². The van der Waals surface area contributed by atoms with Crippen LogP contribution in [0.25, 0.3) is 11.2 Å². The van der Waals surface area contributed by atoms with Gasteiger partial charge in [0.2, 0.25) is 5.91 Å². The quantitative estimate of drug-likeness (QED) is 0.0333. The van der Waals surface area contributed by atoms with Crippen LogP contribution in [0.3, 0.4) is 0 Å². The molecule has 0 radical (unpaired) electrons. The van der Waals surface area contributed by atoms with Gasteiger partial charge in [-0.2, -0.15) is 0 Å². The van der Waals surface area contributed by atoms with Crippen molar-refractivity contribution >= 4 is 45.7 Å². The zero-order valence-corrected chi connectivity index (χ0v) is 52.7. The van der Waals surface area contributed by atoms with Crippen LogP contribution in [0.4, 0.5) is 5.82 Å². The van der Waals surface area contributed by atoms with Gasteiger partial charge in [-0.3, -0.25) is 9.36 Å². The lowest BCUT2D eigenvalue weighted by atomic mass is 9.42. The Morgan fingerprint density at radius 1 is 0.843 bits per heavy atom.